The number of halogens is 1. The van der Waals surface area contributed by atoms with Crippen LogP contribution < -0.4 is 13.8 Å². The van der Waals surface area contributed by atoms with Gasteiger partial charge in [0.1, 0.15) is 16.5 Å². The molecule has 0 spiro atoms. The fourth-order valence-electron chi connectivity index (χ4n) is 2.82. The van der Waals surface area contributed by atoms with Crippen molar-refractivity contribution < 1.29 is 30.8 Å². The van der Waals surface area contributed by atoms with Gasteiger partial charge in [-0.1, -0.05) is 6.92 Å². The van der Waals surface area contributed by atoms with Crippen molar-refractivity contribution >= 4 is 37.3 Å². The second-order valence-electron chi connectivity index (χ2n) is 6.23. The molecule has 28 heavy (non-hydrogen) atoms. The molecule has 1 amide bonds. The molecule has 0 saturated carbocycles. The largest absolute Gasteiger partial charge is 0.495 e. The molecule has 0 aromatic heterocycles. The average molecular weight is 428 g/mol. The lowest BCUT2D eigenvalue weighted by molar-refractivity contribution is -0.119. The standard InChI is InChI=1S/C17H17FN2O6S2/c1-11-10-27(22,23)20(17(11)21)14-7-8-15(26-2)16(9-14)28(24,25)19-13-5-3-12(18)4-6-13/h3-9,11,19H,10H2,1-2H3. The van der Waals surface area contributed by atoms with Crippen LogP contribution in [0.1, 0.15) is 6.92 Å². The Hall–Kier alpha value is -2.66. The normalized spacial score (nSPS) is 18.9. The zero-order valence-corrected chi connectivity index (χ0v) is 16.6. The number of carbonyl (C=O) groups is 1. The molecule has 1 unspecified atom stereocenters. The van der Waals surface area contributed by atoms with Gasteiger partial charge < -0.3 is 4.74 Å². The SMILES string of the molecule is COc1ccc(N2C(=O)C(C)CS2(=O)=O)cc1S(=O)(=O)Nc1ccc(F)cc1. The van der Waals surface area contributed by atoms with Crippen LogP contribution in [0.2, 0.25) is 0 Å². The van der Waals surface area contributed by atoms with Crippen LogP contribution in [0.3, 0.4) is 0 Å². The Morgan fingerprint density at radius 1 is 1.18 bits per heavy atom. The van der Waals surface area contributed by atoms with Gasteiger partial charge in [-0.2, -0.15) is 0 Å². The third-order valence-electron chi connectivity index (χ3n) is 4.13. The Labute approximate surface area is 162 Å². The van der Waals surface area contributed by atoms with Crippen LogP contribution in [0.15, 0.2) is 47.4 Å². The molecule has 2 aromatic carbocycles. The summed E-state index contributed by atoms with van der Waals surface area (Å²) in [6, 6.07) is 8.26. The van der Waals surface area contributed by atoms with Gasteiger partial charge in [0.2, 0.25) is 15.9 Å². The number of amides is 1. The number of sulfonamides is 2. The maximum atomic E-state index is 13.0. The van der Waals surface area contributed by atoms with Crippen LogP contribution in [-0.4, -0.2) is 35.6 Å². The molecule has 150 valence electrons. The van der Waals surface area contributed by atoms with Gasteiger partial charge in [0, 0.05) is 5.69 Å². The molecular formula is C17H17FN2O6S2. The number of ether oxygens (including phenoxy) is 1. The molecule has 0 radical (unpaired) electrons. The minimum atomic E-state index is -4.22. The molecule has 1 N–H and O–H groups in total. The van der Waals surface area contributed by atoms with Crippen molar-refractivity contribution in [1.29, 1.82) is 0 Å². The van der Waals surface area contributed by atoms with Crippen LogP contribution in [0, 0.1) is 11.7 Å². The van der Waals surface area contributed by atoms with Gasteiger partial charge in [0.25, 0.3) is 10.0 Å². The fourth-order valence-corrected chi connectivity index (χ4v) is 5.88. The molecule has 1 aliphatic rings. The smallest absolute Gasteiger partial charge is 0.265 e. The average Bonchev–Trinajstić information content (AvgIpc) is 2.83. The summed E-state index contributed by atoms with van der Waals surface area (Å²) in [5.41, 5.74) is 0.00183. The first-order chi connectivity index (χ1) is 13.0. The number of nitrogens with zero attached hydrogens (tertiary/aromatic N) is 1. The lowest BCUT2D eigenvalue weighted by atomic mass is 10.2. The van der Waals surface area contributed by atoms with E-state index >= 15 is 0 Å². The number of rotatable bonds is 5. The highest BCUT2D eigenvalue weighted by Gasteiger charge is 2.42. The summed E-state index contributed by atoms with van der Waals surface area (Å²) >= 11 is 0. The highest BCUT2D eigenvalue weighted by Crippen LogP contribution is 2.34. The molecular weight excluding hydrogens is 411 g/mol. The first-order valence-electron chi connectivity index (χ1n) is 8.08. The van der Waals surface area contributed by atoms with Crippen LogP contribution in [-0.2, 0) is 24.8 Å². The Kier molecular flexibility index (Phi) is 5.06. The van der Waals surface area contributed by atoms with Crippen molar-refractivity contribution in [1.82, 2.24) is 0 Å². The summed E-state index contributed by atoms with van der Waals surface area (Å²) in [5.74, 6) is -2.30. The van der Waals surface area contributed by atoms with Crippen LogP contribution in [0.4, 0.5) is 15.8 Å². The van der Waals surface area contributed by atoms with Crippen molar-refractivity contribution in [3.05, 3.63) is 48.3 Å². The first-order valence-corrected chi connectivity index (χ1v) is 11.2. The predicted octanol–water partition coefficient (Wildman–Crippen LogP) is 1.95. The molecule has 0 aliphatic carbocycles. The maximum absolute atomic E-state index is 13.0. The number of benzene rings is 2. The van der Waals surface area contributed by atoms with E-state index in [1.807, 2.05) is 0 Å². The van der Waals surface area contributed by atoms with E-state index < -0.39 is 37.7 Å². The van der Waals surface area contributed by atoms with Crippen LogP contribution in [0.5, 0.6) is 5.75 Å². The summed E-state index contributed by atoms with van der Waals surface area (Å²) < 4.78 is 71.2. The second kappa shape index (κ2) is 7.06. The molecule has 11 heteroatoms. The Bertz CT molecular complexity index is 1130. The van der Waals surface area contributed by atoms with E-state index in [-0.39, 0.29) is 27.8 Å². The summed E-state index contributed by atoms with van der Waals surface area (Å²) in [6.45, 7) is 1.48. The quantitative estimate of drug-likeness (QED) is 0.780. The second-order valence-corrected chi connectivity index (χ2v) is 9.74. The van der Waals surface area contributed by atoms with Crippen LogP contribution >= 0.6 is 0 Å². The molecule has 1 saturated heterocycles. The zero-order valence-electron chi connectivity index (χ0n) is 14.9. The topological polar surface area (TPSA) is 110 Å². The van der Waals surface area contributed by atoms with E-state index in [4.69, 9.17) is 4.74 Å². The monoisotopic (exact) mass is 428 g/mol. The van der Waals surface area contributed by atoms with Gasteiger partial charge in [0.05, 0.1) is 24.5 Å². The number of hydrogen-bond donors (Lipinski definition) is 1. The van der Waals surface area contributed by atoms with Crippen molar-refractivity contribution in [2.24, 2.45) is 5.92 Å². The molecule has 0 bridgehead atoms. The first kappa shape index (κ1) is 20.1. The Morgan fingerprint density at radius 3 is 2.36 bits per heavy atom. The molecule has 8 nitrogen and oxygen atoms in total. The molecule has 2 aromatic rings. The van der Waals surface area contributed by atoms with Crippen molar-refractivity contribution in [3.8, 4) is 5.75 Å². The summed E-state index contributed by atoms with van der Waals surface area (Å²) in [4.78, 5) is 11.9. The number of anilines is 2. The molecule has 1 aliphatic heterocycles. The number of hydrogen-bond acceptors (Lipinski definition) is 6. The van der Waals surface area contributed by atoms with Crippen LogP contribution in [0.25, 0.3) is 0 Å². The molecule has 3 rings (SSSR count). The Balaban J connectivity index is 2.06. The number of nitrogens with one attached hydrogen (secondary N) is 1. The van der Waals surface area contributed by atoms with E-state index in [1.54, 1.807) is 0 Å². The number of methoxy groups -OCH3 is 1. The van der Waals surface area contributed by atoms with E-state index in [9.17, 15) is 26.0 Å². The summed E-state index contributed by atoms with van der Waals surface area (Å²) in [6.07, 6.45) is 0. The lowest BCUT2D eigenvalue weighted by Crippen LogP contribution is -2.30. The van der Waals surface area contributed by atoms with Gasteiger partial charge in [-0.15, -0.1) is 0 Å². The fraction of sp³-hybridized carbons (Fsp3) is 0.235. The minimum Gasteiger partial charge on any atom is -0.495 e. The van der Waals surface area contributed by atoms with E-state index in [2.05, 4.69) is 4.72 Å². The van der Waals surface area contributed by atoms with Gasteiger partial charge in [-0.05, 0) is 42.5 Å². The zero-order chi connectivity index (χ0) is 20.7. The van der Waals surface area contributed by atoms with E-state index in [0.717, 1.165) is 18.2 Å². The highest BCUT2D eigenvalue weighted by atomic mass is 32.2. The van der Waals surface area contributed by atoms with Gasteiger partial charge in [-0.3, -0.25) is 9.52 Å². The summed E-state index contributed by atoms with van der Waals surface area (Å²) in [7, 11) is -6.86. The minimum absolute atomic E-state index is 0.0459. The van der Waals surface area contributed by atoms with Gasteiger partial charge >= 0.3 is 0 Å². The van der Waals surface area contributed by atoms with Crippen molar-refractivity contribution in [3.63, 3.8) is 0 Å². The molecule has 1 heterocycles. The number of carbonyl (C=O) groups excluding carboxylic acids is 1. The summed E-state index contributed by atoms with van der Waals surface area (Å²) in [5, 5.41) is 0. The maximum Gasteiger partial charge on any atom is 0.265 e. The molecule has 1 atom stereocenters. The van der Waals surface area contributed by atoms with Crippen molar-refractivity contribution in [2.45, 2.75) is 11.8 Å². The third-order valence-corrected chi connectivity index (χ3v) is 7.40. The van der Waals surface area contributed by atoms with Gasteiger partial charge in [-0.25, -0.2) is 25.5 Å². The lowest BCUT2D eigenvalue weighted by Gasteiger charge is -2.18. The predicted molar refractivity (Wildman–Crippen MR) is 101 cm³/mol. The molecule has 1 fully saturated rings. The van der Waals surface area contributed by atoms with E-state index in [0.29, 0.717) is 4.31 Å². The Morgan fingerprint density at radius 2 is 1.82 bits per heavy atom. The highest BCUT2D eigenvalue weighted by molar-refractivity contribution is 7.94. The van der Waals surface area contributed by atoms with Crippen molar-refractivity contribution in [2.75, 3.05) is 21.9 Å². The van der Waals surface area contributed by atoms with E-state index in [1.165, 1.54) is 38.3 Å². The van der Waals surface area contributed by atoms with Gasteiger partial charge in [0.15, 0.2) is 0 Å². The third kappa shape index (κ3) is 3.67.